The molecule has 7 heteroatoms. The maximum Gasteiger partial charge on any atom is 0.241 e. The molecule has 1 aromatic rings. The summed E-state index contributed by atoms with van der Waals surface area (Å²) in [6.45, 7) is 0.393. The van der Waals surface area contributed by atoms with Gasteiger partial charge in [0.1, 0.15) is 5.75 Å². The van der Waals surface area contributed by atoms with Crippen LogP contribution in [0.15, 0.2) is 29.2 Å². The number of sulfonamides is 1. The fourth-order valence-corrected chi connectivity index (χ4v) is 2.69. The number of hydrogen-bond donors (Lipinski definition) is 3. The van der Waals surface area contributed by atoms with Crippen LogP contribution in [0.3, 0.4) is 0 Å². The first kappa shape index (κ1) is 14.9. The van der Waals surface area contributed by atoms with E-state index in [9.17, 15) is 8.42 Å². The molecule has 3 N–H and O–H groups in total. The molecule has 0 saturated heterocycles. The minimum absolute atomic E-state index is 0.00924. The number of aliphatic hydroxyl groups excluding tert-OH is 2. The minimum atomic E-state index is -3.82. The standard InChI is InChI=1S/C11H17NO5S/c1-11(7-13,8-14)12-18(15,16)10-5-3-4-9(6-10)17-2/h3-6,12-14H,7-8H2,1-2H3. The summed E-state index contributed by atoms with van der Waals surface area (Å²) in [7, 11) is -2.39. The molecule has 0 aromatic heterocycles. The third kappa shape index (κ3) is 3.42. The minimum Gasteiger partial charge on any atom is -0.497 e. The number of benzene rings is 1. The molecule has 0 spiro atoms. The van der Waals surface area contributed by atoms with E-state index in [1.165, 1.54) is 26.2 Å². The molecule has 0 saturated carbocycles. The highest BCUT2D eigenvalue weighted by Crippen LogP contribution is 2.18. The summed E-state index contributed by atoms with van der Waals surface area (Å²) in [5, 5.41) is 18.2. The highest BCUT2D eigenvalue weighted by Gasteiger charge is 2.29. The van der Waals surface area contributed by atoms with Crippen LogP contribution in [-0.4, -0.2) is 44.5 Å². The molecule has 0 radical (unpaired) electrons. The molecule has 102 valence electrons. The predicted octanol–water partition coefficient (Wildman–Crippen LogP) is -0.283. The van der Waals surface area contributed by atoms with E-state index in [1.807, 2.05) is 0 Å². The Morgan fingerprint density at radius 1 is 1.33 bits per heavy atom. The number of nitrogens with one attached hydrogen (secondary N) is 1. The molecule has 18 heavy (non-hydrogen) atoms. The fraction of sp³-hybridized carbons (Fsp3) is 0.455. The molecule has 0 aliphatic rings. The molecule has 0 amide bonds. The molecule has 0 heterocycles. The normalized spacial score (nSPS) is 12.4. The molecule has 1 aromatic carbocycles. The van der Waals surface area contributed by atoms with Crippen molar-refractivity contribution in [2.24, 2.45) is 0 Å². The summed E-state index contributed by atoms with van der Waals surface area (Å²) in [5.74, 6) is 0.410. The highest BCUT2D eigenvalue weighted by atomic mass is 32.2. The lowest BCUT2D eigenvalue weighted by atomic mass is 10.1. The summed E-state index contributed by atoms with van der Waals surface area (Å²) < 4.78 is 31.3. The lowest BCUT2D eigenvalue weighted by Gasteiger charge is -2.25. The zero-order chi connectivity index (χ0) is 13.8. The van der Waals surface area contributed by atoms with E-state index in [2.05, 4.69) is 4.72 Å². The van der Waals surface area contributed by atoms with E-state index < -0.39 is 28.8 Å². The first-order chi connectivity index (χ1) is 8.37. The lowest BCUT2D eigenvalue weighted by molar-refractivity contribution is 0.122. The van der Waals surface area contributed by atoms with Crippen LogP contribution in [0.4, 0.5) is 0 Å². The van der Waals surface area contributed by atoms with Gasteiger partial charge in [-0.05, 0) is 19.1 Å². The number of ether oxygens (including phenoxy) is 1. The van der Waals surface area contributed by atoms with Gasteiger partial charge in [-0.15, -0.1) is 0 Å². The molecule has 6 nitrogen and oxygen atoms in total. The largest absolute Gasteiger partial charge is 0.497 e. The van der Waals surface area contributed by atoms with E-state index >= 15 is 0 Å². The van der Waals surface area contributed by atoms with Crippen molar-refractivity contribution in [1.29, 1.82) is 0 Å². The molecule has 0 fully saturated rings. The molecular weight excluding hydrogens is 258 g/mol. The van der Waals surface area contributed by atoms with Crippen molar-refractivity contribution in [3.05, 3.63) is 24.3 Å². The Labute approximate surface area is 106 Å². The zero-order valence-electron chi connectivity index (χ0n) is 10.3. The average molecular weight is 275 g/mol. The maximum absolute atomic E-state index is 12.0. The van der Waals surface area contributed by atoms with Crippen molar-refractivity contribution in [3.8, 4) is 5.75 Å². The molecule has 0 aliphatic carbocycles. The Morgan fingerprint density at radius 3 is 2.44 bits per heavy atom. The smallest absolute Gasteiger partial charge is 0.241 e. The van der Waals surface area contributed by atoms with Crippen LogP contribution in [-0.2, 0) is 10.0 Å². The monoisotopic (exact) mass is 275 g/mol. The second-order valence-corrected chi connectivity index (χ2v) is 5.84. The predicted molar refractivity (Wildman–Crippen MR) is 65.9 cm³/mol. The van der Waals surface area contributed by atoms with Crippen LogP contribution < -0.4 is 9.46 Å². The topological polar surface area (TPSA) is 95.9 Å². The molecule has 1 rings (SSSR count). The van der Waals surface area contributed by atoms with E-state index in [-0.39, 0.29) is 4.90 Å². The summed E-state index contributed by atoms with van der Waals surface area (Å²) in [6.07, 6.45) is 0. The van der Waals surface area contributed by atoms with Crippen LogP contribution in [0.1, 0.15) is 6.92 Å². The average Bonchev–Trinajstić information content (AvgIpc) is 2.38. The van der Waals surface area contributed by atoms with Crippen LogP contribution in [0, 0.1) is 0 Å². The van der Waals surface area contributed by atoms with E-state index in [4.69, 9.17) is 14.9 Å². The fourth-order valence-electron chi connectivity index (χ4n) is 1.27. The second kappa shape index (κ2) is 5.66. The Kier molecular flexibility index (Phi) is 4.69. The zero-order valence-corrected chi connectivity index (χ0v) is 11.1. The number of methoxy groups -OCH3 is 1. The number of rotatable bonds is 6. The Bertz CT molecular complexity index is 496. The molecule has 0 aliphatic heterocycles. The maximum atomic E-state index is 12.0. The van der Waals surface area contributed by atoms with E-state index in [0.29, 0.717) is 5.75 Å². The van der Waals surface area contributed by atoms with Gasteiger partial charge in [0, 0.05) is 6.07 Å². The summed E-state index contributed by atoms with van der Waals surface area (Å²) in [6, 6.07) is 5.93. The van der Waals surface area contributed by atoms with Gasteiger partial charge in [0.15, 0.2) is 0 Å². The molecule has 0 unspecified atom stereocenters. The SMILES string of the molecule is COc1cccc(S(=O)(=O)NC(C)(CO)CO)c1. The first-order valence-corrected chi connectivity index (χ1v) is 6.75. The Morgan fingerprint density at radius 2 is 1.94 bits per heavy atom. The van der Waals surface area contributed by atoms with Gasteiger partial charge in [0.2, 0.25) is 10.0 Å². The quantitative estimate of drug-likeness (QED) is 0.663. The van der Waals surface area contributed by atoms with Crippen LogP contribution in [0.2, 0.25) is 0 Å². The second-order valence-electron chi connectivity index (χ2n) is 4.16. The Hall–Kier alpha value is -1.15. The van der Waals surface area contributed by atoms with Gasteiger partial charge in [-0.1, -0.05) is 6.07 Å². The van der Waals surface area contributed by atoms with Crippen LogP contribution in [0.5, 0.6) is 5.75 Å². The van der Waals surface area contributed by atoms with Crippen molar-refractivity contribution in [3.63, 3.8) is 0 Å². The molecular formula is C11H17NO5S. The van der Waals surface area contributed by atoms with E-state index in [1.54, 1.807) is 12.1 Å². The Balaban J connectivity index is 3.06. The van der Waals surface area contributed by atoms with Crippen molar-refractivity contribution in [2.75, 3.05) is 20.3 Å². The van der Waals surface area contributed by atoms with Crippen molar-refractivity contribution in [1.82, 2.24) is 4.72 Å². The first-order valence-electron chi connectivity index (χ1n) is 5.26. The third-order valence-electron chi connectivity index (χ3n) is 2.43. The van der Waals surface area contributed by atoms with Crippen molar-refractivity contribution >= 4 is 10.0 Å². The summed E-state index contributed by atoms with van der Waals surface area (Å²) >= 11 is 0. The summed E-state index contributed by atoms with van der Waals surface area (Å²) in [5.41, 5.74) is -1.30. The van der Waals surface area contributed by atoms with Crippen molar-refractivity contribution < 1.29 is 23.4 Å². The van der Waals surface area contributed by atoms with Gasteiger partial charge in [-0.3, -0.25) is 0 Å². The number of aliphatic hydroxyl groups is 2. The highest BCUT2D eigenvalue weighted by molar-refractivity contribution is 7.89. The molecule has 0 atom stereocenters. The van der Waals surface area contributed by atoms with Gasteiger partial charge < -0.3 is 14.9 Å². The lowest BCUT2D eigenvalue weighted by Crippen LogP contribution is -2.51. The van der Waals surface area contributed by atoms with Crippen LogP contribution in [0.25, 0.3) is 0 Å². The number of hydrogen-bond acceptors (Lipinski definition) is 5. The molecule has 0 bridgehead atoms. The van der Waals surface area contributed by atoms with Crippen LogP contribution >= 0.6 is 0 Å². The van der Waals surface area contributed by atoms with Gasteiger partial charge >= 0.3 is 0 Å². The third-order valence-corrected chi connectivity index (χ3v) is 4.07. The van der Waals surface area contributed by atoms with Gasteiger partial charge in [-0.25, -0.2) is 13.1 Å². The van der Waals surface area contributed by atoms with Crippen molar-refractivity contribution in [2.45, 2.75) is 17.4 Å². The van der Waals surface area contributed by atoms with Gasteiger partial charge in [0.05, 0.1) is 30.8 Å². The van der Waals surface area contributed by atoms with E-state index in [0.717, 1.165) is 0 Å². The van der Waals surface area contributed by atoms with Gasteiger partial charge in [0.25, 0.3) is 0 Å². The van der Waals surface area contributed by atoms with Gasteiger partial charge in [-0.2, -0.15) is 0 Å². The summed E-state index contributed by atoms with van der Waals surface area (Å²) in [4.78, 5) is 0.00924.